The molecule has 4 N–H and O–H groups in total. The lowest BCUT2D eigenvalue weighted by Crippen LogP contribution is -2.43. The highest BCUT2D eigenvalue weighted by Crippen LogP contribution is 2.32. The molecule has 0 unspecified atom stereocenters. The molecule has 0 aliphatic heterocycles. The minimum atomic E-state index is -1.64. The maximum absolute atomic E-state index is 16.0. The third kappa shape index (κ3) is 15.8. The molecular formula is C39H53FN7O12S+. The quantitative estimate of drug-likeness (QED) is 0.0227. The van der Waals surface area contributed by atoms with Crippen LogP contribution < -0.4 is 25.4 Å². The van der Waals surface area contributed by atoms with E-state index >= 15 is 4.39 Å². The average molecular weight is 863 g/mol. The Kier molecular flexibility index (Phi) is 16.5. The number of hydrogen-bond acceptors (Lipinski definition) is 14. The summed E-state index contributed by atoms with van der Waals surface area (Å²) < 4.78 is 46.0. The molecule has 0 saturated heterocycles. The molecular weight excluding hydrogens is 810 g/mol. The number of esters is 1. The molecule has 2 heterocycles. The lowest BCUT2D eigenvalue weighted by atomic mass is 10.1. The number of carbonyl (C=O) groups is 5. The number of oxime groups is 1. The third-order valence-corrected chi connectivity index (χ3v) is 7.92. The molecule has 0 saturated carbocycles. The summed E-state index contributed by atoms with van der Waals surface area (Å²) in [5, 5.41) is 22.6. The van der Waals surface area contributed by atoms with E-state index in [-0.39, 0.29) is 46.7 Å². The van der Waals surface area contributed by atoms with Crippen molar-refractivity contribution < 1.29 is 66.7 Å². The number of carboxylic acids is 1. The Hall–Kier alpha value is -6.25. The predicted molar refractivity (Wildman–Crippen MR) is 217 cm³/mol. The Balaban J connectivity index is 1.85. The fourth-order valence-corrected chi connectivity index (χ4v) is 5.48. The summed E-state index contributed by atoms with van der Waals surface area (Å²) >= 11 is 0.896. The van der Waals surface area contributed by atoms with Gasteiger partial charge < -0.3 is 38.9 Å². The summed E-state index contributed by atoms with van der Waals surface area (Å²) in [5.74, 6) is -3.17. The predicted octanol–water partition coefficient (Wildman–Crippen LogP) is 6.17. The van der Waals surface area contributed by atoms with Gasteiger partial charge in [0, 0.05) is 30.0 Å². The molecule has 21 heteroatoms. The minimum Gasteiger partial charge on any atom is -0.489 e. The van der Waals surface area contributed by atoms with Crippen LogP contribution in [0, 0.1) is 5.82 Å². The Morgan fingerprint density at radius 2 is 1.62 bits per heavy atom. The fourth-order valence-electron chi connectivity index (χ4n) is 4.80. The van der Waals surface area contributed by atoms with Crippen LogP contribution >= 0.6 is 11.3 Å². The van der Waals surface area contributed by atoms with Gasteiger partial charge in [0.1, 0.15) is 47.3 Å². The van der Waals surface area contributed by atoms with Gasteiger partial charge >= 0.3 is 30.2 Å². The number of alkyl carbamates (subject to hydrolysis) is 1. The van der Waals surface area contributed by atoms with E-state index in [0.717, 1.165) is 17.4 Å². The topological polar surface area (TPSA) is 231 Å². The van der Waals surface area contributed by atoms with Gasteiger partial charge in [-0.05, 0) is 74.4 Å². The molecule has 3 rings (SSSR count). The monoisotopic (exact) mass is 862 g/mol. The molecule has 2 aromatic heterocycles. The van der Waals surface area contributed by atoms with E-state index in [1.54, 1.807) is 84.9 Å². The number of anilines is 2. The Labute approximate surface area is 350 Å². The minimum absolute atomic E-state index is 0.0131. The van der Waals surface area contributed by atoms with Gasteiger partial charge in [-0.25, -0.2) is 33.3 Å². The first-order valence-corrected chi connectivity index (χ1v) is 19.4. The highest BCUT2D eigenvalue weighted by atomic mass is 32.1. The zero-order valence-corrected chi connectivity index (χ0v) is 36.1. The van der Waals surface area contributed by atoms with E-state index in [0.29, 0.717) is 13.0 Å². The van der Waals surface area contributed by atoms with Crippen LogP contribution in [0.4, 0.5) is 29.7 Å². The normalized spacial score (nSPS) is 12.4. The molecule has 0 radical (unpaired) electrons. The molecule has 328 valence electrons. The number of hydrogen-bond donors (Lipinski definition) is 4. The summed E-state index contributed by atoms with van der Waals surface area (Å²) in [5.41, 5.74) is -3.01. The van der Waals surface area contributed by atoms with Crippen LogP contribution in [-0.2, 0) is 47.0 Å². The number of benzene rings is 1. The van der Waals surface area contributed by atoms with Crippen molar-refractivity contribution >= 4 is 58.2 Å². The van der Waals surface area contributed by atoms with Crippen molar-refractivity contribution in [3.05, 3.63) is 53.9 Å². The van der Waals surface area contributed by atoms with Crippen molar-refractivity contribution in [2.24, 2.45) is 12.2 Å². The number of halogens is 1. The lowest BCUT2D eigenvalue weighted by Gasteiger charge is -2.23. The standard InChI is InChI=1S/C39H52FN7O12S/c1-12-18-54-35(52)43-30-25(20-47(46(30)11)17-13-16-41-34(51)57-38(5,6)7)24-15-14-23(19-26(24)40)55-21-28(32(50)56-37(2,3)4)59-45-29(31(48)49)27-22-60-33(42-27)44-36(53)58-39(8,9)10/h12,14-15,19-20,22,28H,1,13,16-18,21H2,2-11H3,(H3,41,42,44,48,49,51,53)/p+1/b45-29-/t28-/m0/s1. The molecule has 1 aromatic carbocycles. The number of aliphatic carboxylic acids is 1. The first kappa shape index (κ1) is 48.1. The SMILES string of the molecule is C=CCOC(=O)Nc1c(-c2ccc(OC[C@H](O/N=C(\C(=O)O)c3csc(NC(=O)OC(C)(C)C)n3)C(=O)OC(C)(C)C)cc2F)c[n+](CCCNC(=O)OC(C)(C)C)n1C. The summed E-state index contributed by atoms with van der Waals surface area (Å²) in [6.07, 6.45) is -0.388. The van der Waals surface area contributed by atoms with E-state index in [9.17, 15) is 29.1 Å². The number of thiazole rings is 1. The van der Waals surface area contributed by atoms with Crippen molar-refractivity contribution in [1.82, 2.24) is 15.0 Å². The maximum Gasteiger partial charge on any atom is 0.413 e. The number of amides is 3. The highest BCUT2D eigenvalue weighted by Gasteiger charge is 2.31. The number of carboxylic acid groups (broad SMARTS) is 1. The number of carbonyl (C=O) groups excluding carboxylic acids is 4. The van der Waals surface area contributed by atoms with E-state index in [2.05, 4.69) is 32.7 Å². The number of aryl methyl sites for hydroxylation is 1. The molecule has 3 amide bonds. The lowest BCUT2D eigenvalue weighted by molar-refractivity contribution is -0.772. The van der Waals surface area contributed by atoms with Crippen LogP contribution in [0.1, 0.15) is 74.4 Å². The molecule has 0 bridgehead atoms. The number of ether oxygens (including phenoxy) is 5. The van der Waals surface area contributed by atoms with Gasteiger partial charge in [0.05, 0.1) is 12.6 Å². The third-order valence-electron chi connectivity index (χ3n) is 7.16. The summed E-state index contributed by atoms with van der Waals surface area (Å²) in [4.78, 5) is 71.6. The van der Waals surface area contributed by atoms with Crippen molar-refractivity contribution in [2.45, 2.75) is 98.2 Å². The Morgan fingerprint density at radius 3 is 2.22 bits per heavy atom. The van der Waals surface area contributed by atoms with Crippen LogP contribution in [0.2, 0.25) is 0 Å². The van der Waals surface area contributed by atoms with E-state index in [1.165, 1.54) is 23.6 Å². The molecule has 0 spiro atoms. The maximum atomic E-state index is 16.0. The molecule has 0 fully saturated rings. The Morgan fingerprint density at radius 1 is 0.967 bits per heavy atom. The molecule has 19 nitrogen and oxygen atoms in total. The molecule has 0 aliphatic rings. The highest BCUT2D eigenvalue weighted by molar-refractivity contribution is 7.14. The van der Waals surface area contributed by atoms with Crippen molar-refractivity contribution in [1.29, 1.82) is 0 Å². The smallest absolute Gasteiger partial charge is 0.413 e. The van der Waals surface area contributed by atoms with Crippen LogP contribution in [0.25, 0.3) is 11.1 Å². The zero-order chi connectivity index (χ0) is 45.0. The van der Waals surface area contributed by atoms with Gasteiger partial charge in [0.15, 0.2) is 17.5 Å². The van der Waals surface area contributed by atoms with Crippen molar-refractivity contribution in [2.75, 3.05) is 30.4 Å². The van der Waals surface area contributed by atoms with E-state index in [4.69, 9.17) is 28.5 Å². The second-order valence-corrected chi connectivity index (χ2v) is 16.7. The van der Waals surface area contributed by atoms with Crippen LogP contribution in [0.15, 0.2) is 47.6 Å². The van der Waals surface area contributed by atoms with Gasteiger partial charge in [-0.3, -0.25) is 10.6 Å². The molecule has 0 aliphatic carbocycles. The van der Waals surface area contributed by atoms with Gasteiger partial charge in [0.2, 0.25) is 11.9 Å². The zero-order valence-electron chi connectivity index (χ0n) is 35.3. The summed E-state index contributed by atoms with van der Waals surface area (Å²) in [7, 11) is 1.65. The van der Waals surface area contributed by atoms with E-state index in [1.807, 2.05) is 0 Å². The molecule has 1 atom stereocenters. The number of aromatic nitrogens is 3. The first-order valence-electron chi connectivity index (χ1n) is 18.6. The second-order valence-electron chi connectivity index (χ2n) is 15.9. The molecule has 3 aromatic rings. The van der Waals surface area contributed by atoms with Crippen LogP contribution in [0.5, 0.6) is 5.75 Å². The Bertz CT molecular complexity index is 2060. The largest absolute Gasteiger partial charge is 0.489 e. The number of nitrogens with zero attached hydrogens (tertiary/aromatic N) is 4. The first-order chi connectivity index (χ1) is 27.9. The van der Waals surface area contributed by atoms with Gasteiger partial charge in [0.25, 0.3) is 6.10 Å². The van der Waals surface area contributed by atoms with Crippen LogP contribution in [0.3, 0.4) is 0 Å². The van der Waals surface area contributed by atoms with Crippen molar-refractivity contribution in [3.63, 3.8) is 0 Å². The van der Waals surface area contributed by atoms with Crippen molar-refractivity contribution in [3.8, 4) is 16.9 Å². The van der Waals surface area contributed by atoms with Gasteiger partial charge in [-0.2, -0.15) is 0 Å². The summed E-state index contributed by atoms with van der Waals surface area (Å²) in [6.45, 7) is 18.5. The summed E-state index contributed by atoms with van der Waals surface area (Å²) in [6, 6.07) is 3.85. The van der Waals surface area contributed by atoms with Gasteiger partial charge in [-0.15, -0.1) is 20.7 Å². The molecule has 60 heavy (non-hydrogen) atoms. The van der Waals surface area contributed by atoms with Crippen LogP contribution in [-0.4, -0.2) is 93.4 Å². The number of rotatable bonds is 17. The fraction of sp³-hybridized carbons (Fsp3) is 0.487. The van der Waals surface area contributed by atoms with Gasteiger partial charge in [-0.1, -0.05) is 17.8 Å². The van der Waals surface area contributed by atoms with E-state index < -0.39 is 71.3 Å². The average Bonchev–Trinajstić information content (AvgIpc) is 3.67. The number of nitrogens with one attached hydrogen (secondary N) is 3. The second kappa shape index (κ2) is 20.6.